The average Bonchev–Trinajstić information content (AvgIpc) is 2.63. The molecule has 1 aliphatic heterocycles. The maximum Gasteiger partial charge on any atom is 0.261 e. The first-order valence-corrected chi connectivity index (χ1v) is 8.01. The lowest BCUT2D eigenvalue weighted by molar-refractivity contribution is -0.136. The summed E-state index contributed by atoms with van der Waals surface area (Å²) in [6.45, 7) is 1.86. The number of aromatic nitrogens is 1. The molecule has 1 aromatic carbocycles. The van der Waals surface area contributed by atoms with Gasteiger partial charge in [0.05, 0.1) is 11.1 Å². The Bertz CT molecular complexity index is 718. The number of benzene rings is 1. The first-order valence-electron chi connectivity index (χ1n) is 7.63. The van der Waals surface area contributed by atoms with Gasteiger partial charge in [0.25, 0.3) is 5.91 Å². The number of carbonyl (C=O) groups excluding carboxylic acids is 1. The van der Waals surface area contributed by atoms with E-state index in [1.54, 1.807) is 17.3 Å². The molecule has 0 radical (unpaired) electrons. The van der Waals surface area contributed by atoms with Crippen LogP contribution in [0.3, 0.4) is 0 Å². The van der Waals surface area contributed by atoms with Crippen LogP contribution >= 0.6 is 24.0 Å². The summed E-state index contributed by atoms with van der Waals surface area (Å²) < 4.78 is 18.6. The molecule has 1 amide bonds. The Labute approximate surface area is 156 Å². The number of carbonyl (C=O) groups is 1. The van der Waals surface area contributed by atoms with Gasteiger partial charge in [0.1, 0.15) is 11.6 Å². The fraction of sp³-hybridized carbons (Fsp3) is 0.294. The van der Waals surface area contributed by atoms with Gasteiger partial charge in [-0.2, -0.15) is 0 Å². The molecule has 1 saturated heterocycles. The number of hydrogen-bond donors (Lipinski definition) is 1. The van der Waals surface area contributed by atoms with E-state index in [2.05, 4.69) is 10.3 Å². The van der Waals surface area contributed by atoms with Crippen molar-refractivity contribution in [3.8, 4) is 5.75 Å². The molecule has 1 unspecified atom stereocenters. The number of ether oxygens (including phenoxy) is 1. The third-order valence-electron chi connectivity index (χ3n) is 3.89. The fourth-order valence-corrected chi connectivity index (χ4v) is 2.84. The number of piperazine rings is 1. The predicted octanol–water partition coefficient (Wildman–Crippen LogP) is 2.85. The van der Waals surface area contributed by atoms with Crippen LogP contribution in [0.2, 0.25) is 5.02 Å². The van der Waals surface area contributed by atoms with Crippen LogP contribution < -0.4 is 10.1 Å². The number of halogens is 3. The molecule has 1 N–H and O–H groups in total. The molecule has 5 nitrogen and oxygen atoms in total. The number of rotatable bonds is 4. The van der Waals surface area contributed by atoms with Gasteiger partial charge in [-0.1, -0.05) is 17.7 Å². The van der Waals surface area contributed by atoms with Gasteiger partial charge in [-0.15, -0.1) is 12.4 Å². The molecule has 3 rings (SSSR count). The van der Waals surface area contributed by atoms with Gasteiger partial charge in [0.15, 0.2) is 6.61 Å². The maximum atomic E-state index is 13.2. The Morgan fingerprint density at radius 1 is 1.44 bits per heavy atom. The van der Waals surface area contributed by atoms with E-state index in [1.165, 1.54) is 18.2 Å². The summed E-state index contributed by atoms with van der Waals surface area (Å²) in [6.07, 6.45) is 3.46. The normalized spacial score (nSPS) is 16.9. The first kappa shape index (κ1) is 19.4. The third kappa shape index (κ3) is 4.81. The van der Waals surface area contributed by atoms with Crippen molar-refractivity contribution in [2.75, 3.05) is 26.2 Å². The van der Waals surface area contributed by atoms with Crippen molar-refractivity contribution >= 4 is 29.9 Å². The van der Waals surface area contributed by atoms with E-state index in [-0.39, 0.29) is 36.0 Å². The van der Waals surface area contributed by atoms with Crippen molar-refractivity contribution in [1.29, 1.82) is 0 Å². The summed E-state index contributed by atoms with van der Waals surface area (Å²) >= 11 is 5.72. The SMILES string of the molecule is Cl.O=C(COc1ccc(F)c(Cl)c1)N1CCNCC1c1cccnc1. The van der Waals surface area contributed by atoms with Crippen LogP contribution in [0.25, 0.3) is 0 Å². The van der Waals surface area contributed by atoms with Crippen LogP contribution in [0.4, 0.5) is 4.39 Å². The van der Waals surface area contributed by atoms with Crippen molar-refractivity contribution in [3.05, 3.63) is 59.1 Å². The number of hydrogen-bond acceptors (Lipinski definition) is 4. The number of pyridine rings is 1. The molecule has 25 heavy (non-hydrogen) atoms. The molecule has 1 aromatic heterocycles. The molecule has 0 bridgehead atoms. The maximum absolute atomic E-state index is 13.2. The van der Waals surface area contributed by atoms with Crippen molar-refractivity contribution < 1.29 is 13.9 Å². The van der Waals surface area contributed by atoms with Gasteiger partial charge in [0, 0.05) is 38.1 Å². The van der Waals surface area contributed by atoms with Crippen LogP contribution in [-0.2, 0) is 4.79 Å². The highest BCUT2D eigenvalue weighted by Crippen LogP contribution is 2.23. The van der Waals surface area contributed by atoms with E-state index in [0.717, 1.165) is 12.1 Å². The third-order valence-corrected chi connectivity index (χ3v) is 4.18. The van der Waals surface area contributed by atoms with Gasteiger partial charge in [0.2, 0.25) is 0 Å². The highest BCUT2D eigenvalue weighted by Gasteiger charge is 2.28. The predicted molar refractivity (Wildman–Crippen MR) is 95.7 cm³/mol. The summed E-state index contributed by atoms with van der Waals surface area (Å²) in [5.74, 6) is -0.289. The molecular formula is C17H18Cl2FN3O2. The zero-order chi connectivity index (χ0) is 16.9. The van der Waals surface area contributed by atoms with Gasteiger partial charge in [-0.3, -0.25) is 9.78 Å². The Kier molecular flexibility index (Phi) is 6.99. The Balaban J connectivity index is 0.00000225. The molecular weight excluding hydrogens is 368 g/mol. The summed E-state index contributed by atoms with van der Waals surface area (Å²) in [7, 11) is 0. The standard InChI is InChI=1S/C17H17ClFN3O2.ClH/c18-14-8-13(3-4-15(14)19)24-11-17(23)22-7-6-21-10-16(22)12-2-1-5-20-9-12;/h1-5,8-9,16,21H,6-7,10-11H2;1H. The molecule has 1 aliphatic rings. The summed E-state index contributed by atoms with van der Waals surface area (Å²) in [5, 5.41) is 3.25. The Hall–Kier alpha value is -1.89. The van der Waals surface area contributed by atoms with E-state index < -0.39 is 5.82 Å². The smallest absolute Gasteiger partial charge is 0.261 e. The van der Waals surface area contributed by atoms with Gasteiger partial charge in [-0.05, 0) is 23.8 Å². The van der Waals surface area contributed by atoms with E-state index in [1.807, 2.05) is 12.1 Å². The lowest BCUT2D eigenvalue weighted by atomic mass is 10.1. The fourth-order valence-electron chi connectivity index (χ4n) is 2.67. The molecule has 1 atom stereocenters. The van der Waals surface area contributed by atoms with Crippen LogP contribution in [0.1, 0.15) is 11.6 Å². The molecule has 2 aromatic rings. The second-order valence-corrected chi connectivity index (χ2v) is 5.87. The van der Waals surface area contributed by atoms with Crippen LogP contribution in [-0.4, -0.2) is 42.0 Å². The highest BCUT2D eigenvalue weighted by molar-refractivity contribution is 6.30. The average molecular weight is 386 g/mol. The molecule has 0 spiro atoms. The minimum Gasteiger partial charge on any atom is -0.484 e. The van der Waals surface area contributed by atoms with Crippen molar-refractivity contribution in [2.45, 2.75) is 6.04 Å². The number of amides is 1. The topological polar surface area (TPSA) is 54.5 Å². The zero-order valence-corrected chi connectivity index (χ0v) is 14.9. The lowest BCUT2D eigenvalue weighted by Crippen LogP contribution is -2.50. The monoisotopic (exact) mass is 385 g/mol. The minimum atomic E-state index is -0.519. The summed E-state index contributed by atoms with van der Waals surface area (Å²) in [5.41, 5.74) is 0.975. The molecule has 0 aliphatic carbocycles. The van der Waals surface area contributed by atoms with Crippen molar-refractivity contribution in [1.82, 2.24) is 15.2 Å². The van der Waals surface area contributed by atoms with E-state index in [9.17, 15) is 9.18 Å². The van der Waals surface area contributed by atoms with Gasteiger partial charge < -0.3 is 15.0 Å². The zero-order valence-electron chi connectivity index (χ0n) is 13.3. The van der Waals surface area contributed by atoms with Crippen LogP contribution in [0, 0.1) is 5.82 Å². The number of nitrogens with zero attached hydrogens (tertiary/aromatic N) is 2. The largest absolute Gasteiger partial charge is 0.484 e. The lowest BCUT2D eigenvalue weighted by Gasteiger charge is -2.36. The van der Waals surface area contributed by atoms with E-state index >= 15 is 0 Å². The second-order valence-electron chi connectivity index (χ2n) is 5.46. The van der Waals surface area contributed by atoms with Crippen molar-refractivity contribution in [3.63, 3.8) is 0 Å². The summed E-state index contributed by atoms with van der Waals surface area (Å²) in [4.78, 5) is 18.4. The van der Waals surface area contributed by atoms with Gasteiger partial charge in [-0.25, -0.2) is 4.39 Å². The summed E-state index contributed by atoms with van der Waals surface area (Å²) in [6, 6.07) is 7.74. The Morgan fingerprint density at radius 2 is 2.28 bits per heavy atom. The van der Waals surface area contributed by atoms with Crippen molar-refractivity contribution in [2.24, 2.45) is 0 Å². The molecule has 2 heterocycles. The molecule has 1 fully saturated rings. The quantitative estimate of drug-likeness (QED) is 0.878. The van der Waals surface area contributed by atoms with E-state index in [4.69, 9.17) is 16.3 Å². The highest BCUT2D eigenvalue weighted by atomic mass is 35.5. The molecule has 8 heteroatoms. The van der Waals surface area contributed by atoms with Crippen LogP contribution in [0.15, 0.2) is 42.7 Å². The van der Waals surface area contributed by atoms with Gasteiger partial charge >= 0.3 is 0 Å². The number of nitrogens with one attached hydrogen (secondary N) is 1. The molecule has 0 saturated carbocycles. The van der Waals surface area contributed by atoms with E-state index in [0.29, 0.717) is 18.8 Å². The second kappa shape index (κ2) is 8.99. The van der Waals surface area contributed by atoms with Crippen LogP contribution in [0.5, 0.6) is 5.75 Å². The first-order chi connectivity index (χ1) is 11.6. The minimum absolute atomic E-state index is 0. The Morgan fingerprint density at radius 3 is 3.00 bits per heavy atom. The molecule has 134 valence electrons.